The van der Waals surface area contributed by atoms with Gasteiger partial charge in [0.15, 0.2) is 0 Å². The second-order valence-electron chi connectivity index (χ2n) is 9.02. The van der Waals surface area contributed by atoms with Crippen molar-refractivity contribution in [1.29, 1.82) is 0 Å². The third kappa shape index (κ3) is 5.17. The van der Waals surface area contributed by atoms with Gasteiger partial charge in [0.1, 0.15) is 5.69 Å². The van der Waals surface area contributed by atoms with Crippen LogP contribution in [0.1, 0.15) is 30.4 Å². The van der Waals surface area contributed by atoms with Crippen molar-refractivity contribution in [3.05, 3.63) is 96.2 Å². The van der Waals surface area contributed by atoms with Crippen molar-refractivity contribution in [3.8, 4) is 22.4 Å². The minimum Gasteiger partial charge on any atom is -0.320 e. The lowest BCUT2D eigenvalue weighted by Gasteiger charge is -2.35. The summed E-state index contributed by atoms with van der Waals surface area (Å²) in [6, 6.07) is 22.3. The topological polar surface area (TPSA) is 51.0 Å². The number of hydrogen-bond acceptors (Lipinski definition) is 3. The van der Waals surface area contributed by atoms with Crippen molar-refractivity contribution in [2.24, 2.45) is 0 Å². The fourth-order valence-corrected chi connectivity index (χ4v) is 4.68. The number of aromatic nitrogens is 3. The number of nitrogens with zero attached hydrogens (tertiary/aromatic N) is 4. The minimum atomic E-state index is -4.39. The van der Waals surface area contributed by atoms with Gasteiger partial charge >= 0.3 is 12.2 Å². The Morgan fingerprint density at radius 1 is 0.889 bits per heavy atom. The zero-order chi connectivity index (χ0) is 25.1. The van der Waals surface area contributed by atoms with Crippen LogP contribution in [0.15, 0.2) is 85.1 Å². The zero-order valence-electron chi connectivity index (χ0n) is 19.5. The molecule has 1 aromatic heterocycles. The molecular formula is C28H25F3N4O. The van der Waals surface area contributed by atoms with E-state index in [-0.39, 0.29) is 12.1 Å². The summed E-state index contributed by atoms with van der Waals surface area (Å²) < 4.78 is 40.4. The van der Waals surface area contributed by atoms with Crippen molar-refractivity contribution in [2.75, 3.05) is 6.54 Å². The molecule has 8 heteroatoms. The third-order valence-corrected chi connectivity index (χ3v) is 6.58. The highest BCUT2D eigenvalue weighted by Crippen LogP contribution is 2.32. The average molecular weight is 491 g/mol. The van der Waals surface area contributed by atoms with Gasteiger partial charge in [-0.1, -0.05) is 71.9 Å². The summed E-state index contributed by atoms with van der Waals surface area (Å²) in [5.41, 5.74) is 2.89. The first kappa shape index (κ1) is 23.8. The van der Waals surface area contributed by atoms with Crippen LogP contribution in [0.2, 0.25) is 0 Å². The highest BCUT2D eigenvalue weighted by molar-refractivity contribution is 5.78. The van der Waals surface area contributed by atoms with E-state index in [0.717, 1.165) is 43.4 Å². The molecule has 1 aliphatic rings. The van der Waals surface area contributed by atoms with Crippen LogP contribution in [0.5, 0.6) is 0 Å². The molecule has 1 fully saturated rings. The Labute approximate surface area is 207 Å². The maximum Gasteiger partial charge on any atom is 0.416 e. The van der Waals surface area contributed by atoms with E-state index in [0.29, 0.717) is 23.4 Å². The third-order valence-electron chi connectivity index (χ3n) is 6.58. The second-order valence-corrected chi connectivity index (χ2v) is 9.02. The molecule has 1 saturated heterocycles. The van der Waals surface area contributed by atoms with Gasteiger partial charge in [-0.05, 0) is 54.5 Å². The molecular weight excluding hydrogens is 465 g/mol. The van der Waals surface area contributed by atoms with E-state index in [1.54, 1.807) is 36.5 Å². The van der Waals surface area contributed by atoms with E-state index in [1.807, 2.05) is 23.1 Å². The number of alkyl halides is 3. The molecule has 4 aromatic rings. The van der Waals surface area contributed by atoms with Gasteiger partial charge < -0.3 is 4.90 Å². The summed E-state index contributed by atoms with van der Waals surface area (Å²) in [4.78, 5) is 15.2. The van der Waals surface area contributed by atoms with Gasteiger partial charge in [0.25, 0.3) is 0 Å². The molecule has 1 atom stereocenters. The Bertz CT molecular complexity index is 1330. The molecule has 36 heavy (non-hydrogen) atoms. The lowest BCUT2D eigenvalue weighted by molar-refractivity contribution is -0.137. The zero-order valence-corrected chi connectivity index (χ0v) is 19.5. The summed E-state index contributed by atoms with van der Waals surface area (Å²) in [7, 11) is 0. The summed E-state index contributed by atoms with van der Waals surface area (Å²) in [5.74, 6) is 0. The van der Waals surface area contributed by atoms with Gasteiger partial charge in [-0.25, -0.2) is 4.79 Å². The largest absolute Gasteiger partial charge is 0.416 e. The molecule has 1 aliphatic heterocycles. The molecule has 2 heterocycles. The molecule has 5 rings (SSSR count). The summed E-state index contributed by atoms with van der Waals surface area (Å²) in [6.07, 6.45) is 0.993. The maximum atomic E-state index is 13.3. The van der Waals surface area contributed by atoms with Crippen LogP contribution in [0.3, 0.4) is 0 Å². The molecule has 3 aromatic carbocycles. The quantitative estimate of drug-likeness (QED) is 0.320. The summed E-state index contributed by atoms with van der Waals surface area (Å²) in [5, 5.41) is 8.26. The van der Waals surface area contributed by atoms with Crippen LogP contribution >= 0.6 is 0 Å². The van der Waals surface area contributed by atoms with Gasteiger partial charge in [0, 0.05) is 18.2 Å². The Hall–Kier alpha value is -3.94. The standard InChI is InChI=1S/C28H25F3N4O/c29-28(30,31)24-10-6-9-23(18-24)21-12-14-22(15-13-21)26-19-35(33-32-26)27(36)34-16-5-4-11-25(34)17-20-7-2-1-3-8-20/h1-3,6-10,12-15,18-19,25H,4-5,11,16-17H2. The van der Waals surface area contributed by atoms with Crippen molar-refractivity contribution in [3.63, 3.8) is 0 Å². The van der Waals surface area contributed by atoms with E-state index in [1.165, 1.54) is 16.3 Å². The van der Waals surface area contributed by atoms with Crippen molar-refractivity contribution in [2.45, 2.75) is 37.9 Å². The normalized spacial score (nSPS) is 16.2. The van der Waals surface area contributed by atoms with Gasteiger partial charge in [0.2, 0.25) is 0 Å². The summed E-state index contributed by atoms with van der Waals surface area (Å²) in [6.45, 7) is 0.678. The van der Waals surface area contributed by atoms with Crippen LogP contribution in [-0.4, -0.2) is 38.5 Å². The molecule has 0 N–H and O–H groups in total. The van der Waals surface area contributed by atoms with Gasteiger partial charge in [-0.2, -0.15) is 17.9 Å². The van der Waals surface area contributed by atoms with Crippen LogP contribution in [-0.2, 0) is 12.6 Å². The first-order chi connectivity index (χ1) is 17.4. The van der Waals surface area contributed by atoms with Gasteiger partial charge in [-0.3, -0.25) is 0 Å². The fourth-order valence-electron chi connectivity index (χ4n) is 4.68. The molecule has 184 valence electrons. The number of benzene rings is 3. The molecule has 5 nitrogen and oxygen atoms in total. The van der Waals surface area contributed by atoms with Crippen molar-refractivity contribution < 1.29 is 18.0 Å². The molecule has 0 aliphatic carbocycles. The number of hydrogen-bond donors (Lipinski definition) is 0. The minimum absolute atomic E-state index is 0.105. The fraction of sp³-hybridized carbons (Fsp3) is 0.250. The van der Waals surface area contributed by atoms with Crippen LogP contribution < -0.4 is 0 Å². The first-order valence-corrected chi connectivity index (χ1v) is 11.9. The average Bonchev–Trinajstić information content (AvgIpc) is 3.39. The van der Waals surface area contributed by atoms with E-state index in [4.69, 9.17) is 0 Å². The Morgan fingerprint density at radius 3 is 2.39 bits per heavy atom. The molecule has 0 radical (unpaired) electrons. The smallest absolute Gasteiger partial charge is 0.320 e. The maximum absolute atomic E-state index is 13.3. The van der Waals surface area contributed by atoms with E-state index in [9.17, 15) is 18.0 Å². The van der Waals surface area contributed by atoms with E-state index in [2.05, 4.69) is 22.4 Å². The molecule has 1 amide bonds. The predicted octanol–water partition coefficient (Wildman–Crippen LogP) is 6.70. The van der Waals surface area contributed by atoms with Gasteiger partial charge in [0.05, 0.1) is 11.8 Å². The Morgan fingerprint density at radius 2 is 1.64 bits per heavy atom. The lowest BCUT2D eigenvalue weighted by Crippen LogP contribution is -2.46. The summed E-state index contributed by atoms with van der Waals surface area (Å²) >= 11 is 0. The number of carbonyl (C=O) groups is 1. The Kier molecular flexibility index (Phi) is 6.59. The lowest BCUT2D eigenvalue weighted by atomic mass is 9.96. The second kappa shape index (κ2) is 9.97. The van der Waals surface area contributed by atoms with Crippen molar-refractivity contribution in [1.82, 2.24) is 19.9 Å². The highest BCUT2D eigenvalue weighted by Gasteiger charge is 2.31. The molecule has 0 spiro atoms. The van der Waals surface area contributed by atoms with Crippen LogP contribution in [0.4, 0.5) is 18.0 Å². The number of carbonyl (C=O) groups excluding carboxylic acids is 1. The Balaban J connectivity index is 1.32. The van der Waals surface area contributed by atoms with Crippen LogP contribution in [0.25, 0.3) is 22.4 Å². The van der Waals surface area contributed by atoms with Crippen LogP contribution in [0, 0.1) is 0 Å². The van der Waals surface area contributed by atoms with Crippen molar-refractivity contribution >= 4 is 6.03 Å². The number of piperidine rings is 1. The number of halogens is 3. The molecule has 0 bridgehead atoms. The number of amides is 1. The number of rotatable bonds is 4. The number of likely N-dealkylation sites (tertiary alicyclic amines) is 1. The van der Waals surface area contributed by atoms with E-state index >= 15 is 0 Å². The van der Waals surface area contributed by atoms with E-state index < -0.39 is 11.7 Å². The predicted molar refractivity (Wildman–Crippen MR) is 131 cm³/mol. The monoisotopic (exact) mass is 490 g/mol. The molecule has 1 unspecified atom stereocenters. The first-order valence-electron chi connectivity index (χ1n) is 11.9. The van der Waals surface area contributed by atoms with Gasteiger partial charge in [-0.15, -0.1) is 5.10 Å². The SMILES string of the molecule is O=C(N1CCCCC1Cc1ccccc1)n1cc(-c2ccc(-c3cccc(C(F)(F)F)c3)cc2)nn1. The highest BCUT2D eigenvalue weighted by atomic mass is 19.4. The molecule has 0 saturated carbocycles.